The third-order valence-electron chi connectivity index (χ3n) is 9.44. The van der Waals surface area contributed by atoms with E-state index in [9.17, 15) is 26.7 Å². The third kappa shape index (κ3) is 9.09. The number of hydrogen-bond acceptors (Lipinski definition) is 8. The fourth-order valence-corrected chi connectivity index (χ4v) is 6.72. The summed E-state index contributed by atoms with van der Waals surface area (Å²) < 4.78 is 75.8. The Balaban J connectivity index is 1.64. The first-order valence-electron chi connectivity index (χ1n) is 17.7. The smallest absolute Gasteiger partial charge is 0.408 e. The number of hydrogen-bond donors (Lipinski definition) is 2. The summed E-state index contributed by atoms with van der Waals surface area (Å²) in [4.78, 5) is 33.0. The Kier molecular flexibility index (Phi) is 12.1. The lowest BCUT2D eigenvalue weighted by atomic mass is 9.65. The zero-order chi connectivity index (χ0) is 41.3. The van der Waals surface area contributed by atoms with Crippen LogP contribution in [0.3, 0.4) is 0 Å². The number of alkyl halides is 5. The Labute approximate surface area is 325 Å². The van der Waals surface area contributed by atoms with Crippen molar-refractivity contribution in [2.45, 2.75) is 96.9 Å². The summed E-state index contributed by atoms with van der Waals surface area (Å²) in [6, 6.07) is 7.88. The summed E-state index contributed by atoms with van der Waals surface area (Å²) in [6.07, 6.45) is -4.29. The standard InChI is InChI=1S/C38H43ClF5N9O3/c1-21(2)37(19-36(5,6)7,26-11-8-24(9-12-26)29-17-51(50-49-29)27-13-14-27)34(54)52(23(4)45)31(18-56-35(55)48-22(3)38(42,43)44)25-10-15-28(39)30(16-25)53-33(32(40)41)46-20-47-53/h8-12,15-17,20,22,27,31-32,45H,1,13-14,18-19H2,2-7H3,(H,48,55)/t22-,31+,37+/m0/s1. The number of carbonyl (C=O) groups is 2. The maximum Gasteiger partial charge on any atom is 0.408 e. The Bertz CT molecular complexity index is 2090. The summed E-state index contributed by atoms with van der Waals surface area (Å²) in [5, 5.41) is 23.1. The topological polar surface area (TPSA) is 144 Å². The molecule has 3 atom stereocenters. The number of nitrogens with one attached hydrogen (secondary N) is 2. The number of ether oxygens (including phenoxy) is 1. The van der Waals surface area contributed by atoms with E-state index in [-0.39, 0.29) is 28.5 Å². The minimum atomic E-state index is -4.78. The highest BCUT2D eigenvalue weighted by Gasteiger charge is 2.49. The van der Waals surface area contributed by atoms with Crippen molar-refractivity contribution in [1.82, 2.24) is 40.0 Å². The van der Waals surface area contributed by atoms with Crippen molar-refractivity contribution in [3.05, 3.63) is 89.1 Å². The van der Waals surface area contributed by atoms with Crippen LogP contribution in [-0.4, -0.2) is 71.3 Å². The van der Waals surface area contributed by atoms with Gasteiger partial charge in [-0.1, -0.05) is 80.1 Å². The molecule has 1 aliphatic carbocycles. The molecular formula is C38H43ClF5N9O3. The maximum atomic E-state index is 15.5. The van der Waals surface area contributed by atoms with Crippen LogP contribution in [0.2, 0.25) is 5.02 Å². The molecule has 2 aromatic heterocycles. The van der Waals surface area contributed by atoms with Gasteiger partial charge < -0.3 is 10.1 Å². The van der Waals surface area contributed by atoms with Crippen LogP contribution in [0.5, 0.6) is 0 Å². The van der Waals surface area contributed by atoms with E-state index in [1.165, 1.54) is 25.1 Å². The predicted molar refractivity (Wildman–Crippen MR) is 199 cm³/mol. The van der Waals surface area contributed by atoms with Gasteiger partial charge in [0.25, 0.3) is 6.43 Å². The van der Waals surface area contributed by atoms with E-state index in [1.807, 2.05) is 43.8 Å². The first-order chi connectivity index (χ1) is 26.1. The molecule has 1 saturated carbocycles. The number of nitrogens with zero attached hydrogens (tertiary/aromatic N) is 7. The zero-order valence-electron chi connectivity index (χ0n) is 31.7. The average Bonchev–Trinajstić information content (AvgIpc) is 3.62. The SMILES string of the molecule is C=C(C)[C@@](CC(C)(C)C)(C(=O)N(C(C)=N)[C@H](COC(=O)N[C@@H](C)C(F)(F)F)c1ccc(Cl)c(-n2ncnc2C(F)F)c1)c1ccc(-c2cn(C3CC3)nn2)cc1. The lowest BCUT2D eigenvalue weighted by Gasteiger charge is -2.44. The van der Waals surface area contributed by atoms with Crippen LogP contribution in [0.4, 0.5) is 26.7 Å². The molecule has 5 rings (SSSR count). The monoisotopic (exact) mass is 803 g/mol. The fraction of sp³-hybridized carbons (Fsp3) is 0.447. The van der Waals surface area contributed by atoms with Gasteiger partial charge in [-0.2, -0.15) is 18.3 Å². The molecule has 0 aliphatic heterocycles. The summed E-state index contributed by atoms with van der Waals surface area (Å²) in [5.41, 5.74) is 0.294. The van der Waals surface area contributed by atoms with Gasteiger partial charge in [0.2, 0.25) is 5.91 Å². The van der Waals surface area contributed by atoms with Gasteiger partial charge in [0.05, 0.1) is 40.2 Å². The van der Waals surface area contributed by atoms with E-state index >= 15 is 4.79 Å². The molecule has 0 saturated heterocycles. The molecule has 2 N–H and O–H groups in total. The molecule has 0 unspecified atom stereocenters. The van der Waals surface area contributed by atoms with Crippen molar-refractivity contribution in [3.8, 4) is 16.9 Å². The molecule has 0 bridgehead atoms. The Hall–Kier alpha value is -5.19. The second-order valence-corrected chi connectivity index (χ2v) is 15.5. The van der Waals surface area contributed by atoms with E-state index in [0.29, 0.717) is 22.9 Å². The van der Waals surface area contributed by atoms with Crippen molar-refractivity contribution >= 4 is 29.4 Å². The van der Waals surface area contributed by atoms with E-state index < -0.39 is 59.9 Å². The van der Waals surface area contributed by atoms with E-state index in [0.717, 1.165) is 41.2 Å². The van der Waals surface area contributed by atoms with E-state index in [1.54, 1.807) is 24.4 Å². The van der Waals surface area contributed by atoms with Crippen LogP contribution in [0.25, 0.3) is 16.9 Å². The molecule has 1 aliphatic rings. The van der Waals surface area contributed by atoms with Crippen molar-refractivity contribution in [2.24, 2.45) is 5.41 Å². The van der Waals surface area contributed by atoms with Gasteiger partial charge in [-0.05, 0) is 68.7 Å². The van der Waals surface area contributed by atoms with E-state index in [2.05, 4.69) is 27.0 Å². The van der Waals surface area contributed by atoms with Gasteiger partial charge in [0.15, 0.2) is 5.82 Å². The van der Waals surface area contributed by atoms with Crippen LogP contribution >= 0.6 is 11.6 Å². The largest absolute Gasteiger partial charge is 0.447 e. The molecule has 2 heterocycles. The second-order valence-electron chi connectivity index (χ2n) is 15.1. The first kappa shape index (κ1) is 42.0. The highest BCUT2D eigenvalue weighted by molar-refractivity contribution is 6.32. The van der Waals surface area contributed by atoms with Crippen LogP contribution in [0, 0.1) is 10.8 Å². The molecule has 0 radical (unpaired) electrons. The van der Waals surface area contributed by atoms with Crippen molar-refractivity contribution in [3.63, 3.8) is 0 Å². The number of rotatable bonds is 13. The van der Waals surface area contributed by atoms with Crippen LogP contribution in [-0.2, 0) is 14.9 Å². The Morgan fingerprint density at radius 2 is 1.77 bits per heavy atom. The molecule has 56 heavy (non-hydrogen) atoms. The number of amides is 2. The highest BCUT2D eigenvalue weighted by atomic mass is 35.5. The molecule has 4 aromatic rings. The zero-order valence-corrected chi connectivity index (χ0v) is 32.4. The van der Waals surface area contributed by atoms with Gasteiger partial charge in [-0.15, -0.1) is 5.10 Å². The number of halogens is 6. The lowest BCUT2D eigenvalue weighted by molar-refractivity contribution is -0.150. The molecule has 300 valence electrons. The van der Waals surface area contributed by atoms with Crippen LogP contribution in [0.15, 0.2) is 67.1 Å². The summed E-state index contributed by atoms with van der Waals surface area (Å²) >= 11 is 6.47. The fourth-order valence-electron chi connectivity index (χ4n) is 6.52. The normalized spacial score (nSPS) is 15.5. The Morgan fingerprint density at radius 1 is 1.11 bits per heavy atom. The number of alkyl carbamates (subject to hydrolysis) is 1. The van der Waals surface area contributed by atoms with Gasteiger partial charge in [-0.25, -0.2) is 27.9 Å². The van der Waals surface area contributed by atoms with Crippen molar-refractivity contribution in [2.75, 3.05) is 6.61 Å². The van der Waals surface area contributed by atoms with Crippen molar-refractivity contribution in [1.29, 1.82) is 5.41 Å². The molecular weight excluding hydrogens is 761 g/mol. The quantitative estimate of drug-likeness (QED) is 0.0595. The van der Waals surface area contributed by atoms with E-state index in [4.69, 9.17) is 21.7 Å². The molecule has 12 nitrogen and oxygen atoms in total. The molecule has 0 spiro atoms. The van der Waals surface area contributed by atoms with Gasteiger partial charge >= 0.3 is 12.3 Å². The molecule has 2 amide bonds. The number of benzene rings is 2. The van der Waals surface area contributed by atoms with Gasteiger partial charge in [0, 0.05) is 5.56 Å². The van der Waals surface area contributed by atoms with Crippen LogP contribution < -0.4 is 5.32 Å². The first-order valence-corrected chi connectivity index (χ1v) is 18.1. The average molecular weight is 804 g/mol. The lowest BCUT2D eigenvalue weighted by Crippen LogP contribution is -2.53. The number of amidine groups is 1. The summed E-state index contributed by atoms with van der Waals surface area (Å²) in [6.45, 7) is 13.0. The van der Waals surface area contributed by atoms with Crippen LogP contribution in [0.1, 0.15) is 96.3 Å². The molecule has 2 aromatic carbocycles. The summed E-state index contributed by atoms with van der Waals surface area (Å²) in [5.74, 6) is -1.73. The minimum Gasteiger partial charge on any atom is -0.447 e. The number of aromatic nitrogens is 6. The second kappa shape index (κ2) is 16.1. The minimum absolute atomic E-state index is 0.0386. The Morgan fingerprint density at radius 3 is 2.32 bits per heavy atom. The third-order valence-corrected chi connectivity index (χ3v) is 9.76. The van der Waals surface area contributed by atoms with Gasteiger partial charge in [-0.3, -0.25) is 15.1 Å². The highest BCUT2D eigenvalue weighted by Crippen LogP contribution is 2.45. The molecule has 1 fully saturated rings. The molecule has 18 heteroatoms. The number of carbonyl (C=O) groups excluding carboxylic acids is 2. The summed E-state index contributed by atoms with van der Waals surface area (Å²) in [7, 11) is 0. The van der Waals surface area contributed by atoms with Crippen molar-refractivity contribution < 1.29 is 36.3 Å². The maximum absolute atomic E-state index is 15.5. The predicted octanol–water partition coefficient (Wildman–Crippen LogP) is 8.95. The van der Waals surface area contributed by atoms with Gasteiger partial charge in [0.1, 0.15) is 24.7 Å².